The normalized spacial score (nSPS) is 17.5. The molecule has 26 heavy (non-hydrogen) atoms. The van der Waals surface area contributed by atoms with Crippen molar-refractivity contribution in [3.63, 3.8) is 0 Å². The number of nitrogens with zero attached hydrogens (tertiary/aromatic N) is 1. The number of rotatable bonds is 7. The van der Waals surface area contributed by atoms with Crippen LogP contribution in [0.15, 0.2) is 18.2 Å². The van der Waals surface area contributed by atoms with Crippen molar-refractivity contribution in [3.8, 4) is 0 Å². The number of carboxylic acid groups (broad SMARTS) is 1. The molecule has 0 aliphatic carbocycles. The summed E-state index contributed by atoms with van der Waals surface area (Å²) in [6.45, 7) is 3.40. The molecule has 0 radical (unpaired) electrons. The fourth-order valence-corrected chi connectivity index (χ4v) is 3.09. The predicted molar refractivity (Wildman–Crippen MR) is 90.5 cm³/mol. The summed E-state index contributed by atoms with van der Waals surface area (Å²) in [5, 5.41) is 12.0. The number of carbonyl (C=O) groups excluding carboxylic acids is 2. The summed E-state index contributed by atoms with van der Waals surface area (Å²) < 4.78 is 26.9. The molecule has 2 amide bonds. The maximum absolute atomic E-state index is 13.9. The highest BCUT2D eigenvalue weighted by atomic mass is 19.1. The first kappa shape index (κ1) is 19.8. The maximum atomic E-state index is 13.9. The standard InChI is InChI=1S/C18H22F2N2O4/c1-3-18(4-2,17(25)26)10-21-16(24)11-7-15(23)22(9-11)14-6-5-12(19)8-13(14)20/h5-6,8,11H,3-4,7,9-10H2,1-2H3,(H,21,24)(H,25,26). The van der Waals surface area contributed by atoms with Gasteiger partial charge in [0.05, 0.1) is 17.0 Å². The summed E-state index contributed by atoms with van der Waals surface area (Å²) in [6, 6.07) is 2.88. The zero-order valence-corrected chi connectivity index (χ0v) is 14.7. The molecule has 2 rings (SSSR count). The number of nitrogens with one attached hydrogen (secondary N) is 1. The molecule has 8 heteroatoms. The summed E-state index contributed by atoms with van der Waals surface area (Å²) in [7, 11) is 0. The van der Waals surface area contributed by atoms with Crippen LogP contribution < -0.4 is 10.2 Å². The molecule has 1 unspecified atom stereocenters. The van der Waals surface area contributed by atoms with Crippen molar-refractivity contribution in [2.75, 3.05) is 18.0 Å². The number of benzene rings is 1. The van der Waals surface area contributed by atoms with Crippen molar-refractivity contribution >= 4 is 23.5 Å². The molecule has 1 aromatic carbocycles. The first-order valence-electron chi connectivity index (χ1n) is 8.50. The van der Waals surface area contributed by atoms with E-state index in [1.807, 2.05) is 0 Å². The quantitative estimate of drug-likeness (QED) is 0.773. The van der Waals surface area contributed by atoms with E-state index in [9.17, 15) is 28.3 Å². The Morgan fingerprint density at radius 3 is 2.50 bits per heavy atom. The highest BCUT2D eigenvalue weighted by Gasteiger charge is 2.39. The number of hydrogen-bond acceptors (Lipinski definition) is 3. The molecule has 6 nitrogen and oxygen atoms in total. The lowest BCUT2D eigenvalue weighted by molar-refractivity contribution is -0.149. The van der Waals surface area contributed by atoms with E-state index in [1.165, 1.54) is 0 Å². The van der Waals surface area contributed by atoms with Gasteiger partial charge in [0.25, 0.3) is 0 Å². The second-order valence-electron chi connectivity index (χ2n) is 6.51. The average molecular weight is 368 g/mol. The molecule has 1 aliphatic rings. The highest BCUT2D eigenvalue weighted by Crippen LogP contribution is 2.29. The number of halogens is 2. The van der Waals surface area contributed by atoms with Crippen LogP contribution in [-0.4, -0.2) is 36.0 Å². The fraction of sp³-hybridized carbons (Fsp3) is 0.500. The van der Waals surface area contributed by atoms with E-state index in [1.54, 1.807) is 13.8 Å². The largest absolute Gasteiger partial charge is 0.481 e. The average Bonchev–Trinajstić information content (AvgIpc) is 2.97. The van der Waals surface area contributed by atoms with E-state index < -0.39 is 40.8 Å². The van der Waals surface area contributed by atoms with E-state index in [-0.39, 0.29) is 25.2 Å². The van der Waals surface area contributed by atoms with E-state index in [2.05, 4.69) is 5.32 Å². The first-order chi connectivity index (χ1) is 12.2. The van der Waals surface area contributed by atoms with Crippen molar-refractivity contribution in [1.29, 1.82) is 0 Å². The van der Waals surface area contributed by atoms with Crippen LogP contribution in [0.2, 0.25) is 0 Å². The fourth-order valence-electron chi connectivity index (χ4n) is 3.09. The van der Waals surface area contributed by atoms with Crippen molar-refractivity contribution < 1.29 is 28.3 Å². The van der Waals surface area contributed by atoms with Gasteiger partial charge >= 0.3 is 5.97 Å². The Morgan fingerprint density at radius 2 is 1.96 bits per heavy atom. The van der Waals surface area contributed by atoms with Crippen LogP contribution in [0.1, 0.15) is 33.1 Å². The number of aliphatic carboxylic acids is 1. The van der Waals surface area contributed by atoms with Crippen LogP contribution in [0.25, 0.3) is 0 Å². The molecule has 0 bridgehead atoms. The molecular formula is C18H22F2N2O4. The second kappa shape index (κ2) is 7.80. The molecule has 1 fully saturated rings. The molecule has 0 saturated carbocycles. The summed E-state index contributed by atoms with van der Waals surface area (Å²) >= 11 is 0. The van der Waals surface area contributed by atoms with Gasteiger partial charge in [0.15, 0.2) is 0 Å². The third-order valence-corrected chi connectivity index (χ3v) is 5.10. The Bertz CT molecular complexity index is 719. The SMILES string of the molecule is CCC(CC)(CNC(=O)C1CC(=O)N(c2ccc(F)cc2F)C1)C(=O)O. The van der Waals surface area contributed by atoms with Crippen molar-refractivity contribution in [1.82, 2.24) is 5.32 Å². The van der Waals surface area contributed by atoms with Gasteiger partial charge in [0.2, 0.25) is 11.8 Å². The molecular weight excluding hydrogens is 346 g/mol. The number of anilines is 1. The van der Waals surface area contributed by atoms with E-state index in [0.717, 1.165) is 17.0 Å². The zero-order chi connectivity index (χ0) is 19.5. The van der Waals surface area contributed by atoms with Crippen LogP contribution in [0.5, 0.6) is 0 Å². The van der Waals surface area contributed by atoms with Gasteiger partial charge in [0.1, 0.15) is 11.6 Å². The summed E-state index contributed by atoms with van der Waals surface area (Å²) in [6.07, 6.45) is 0.603. The number of carboxylic acids is 1. The van der Waals surface area contributed by atoms with E-state index in [0.29, 0.717) is 18.9 Å². The van der Waals surface area contributed by atoms with Gasteiger partial charge in [-0.2, -0.15) is 0 Å². The molecule has 1 saturated heterocycles. The smallest absolute Gasteiger partial charge is 0.311 e. The summed E-state index contributed by atoms with van der Waals surface area (Å²) in [5.41, 5.74) is -1.13. The van der Waals surface area contributed by atoms with Gasteiger partial charge in [-0.1, -0.05) is 13.8 Å². The number of hydrogen-bond donors (Lipinski definition) is 2. The monoisotopic (exact) mass is 368 g/mol. The molecule has 1 heterocycles. The molecule has 1 aliphatic heterocycles. The third-order valence-electron chi connectivity index (χ3n) is 5.10. The molecule has 0 aromatic heterocycles. The lowest BCUT2D eigenvalue weighted by atomic mass is 9.82. The Labute approximate surface area is 150 Å². The minimum absolute atomic E-state index is 0.0362. The van der Waals surface area contributed by atoms with Crippen molar-refractivity contribution in [2.45, 2.75) is 33.1 Å². The lowest BCUT2D eigenvalue weighted by Gasteiger charge is -2.27. The van der Waals surface area contributed by atoms with Gasteiger partial charge in [-0.25, -0.2) is 8.78 Å². The molecule has 2 N–H and O–H groups in total. The van der Waals surface area contributed by atoms with Crippen LogP contribution >= 0.6 is 0 Å². The second-order valence-corrected chi connectivity index (χ2v) is 6.51. The van der Waals surface area contributed by atoms with Crippen LogP contribution in [0.4, 0.5) is 14.5 Å². The number of carbonyl (C=O) groups is 3. The molecule has 1 aromatic rings. The predicted octanol–water partition coefficient (Wildman–Crippen LogP) is 2.32. The molecule has 0 spiro atoms. The minimum Gasteiger partial charge on any atom is -0.481 e. The maximum Gasteiger partial charge on any atom is 0.311 e. The van der Waals surface area contributed by atoms with Gasteiger partial charge in [0, 0.05) is 25.6 Å². The van der Waals surface area contributed by atoms with Crippen LogP contribution in [0, 0.1) is 23.0 Å². The summed E-state index contributed by atoms with van der Waals surface area (Å²) in [5.74, 6) is -4.22. The topological polar surface area (TPSA) is 86.7 Å². The first-order valence-corrected chi connectivity index (χ1v) is 8.50. The number of amides is 2. The lowest BCUT2D eigenvalue weighted by Crippen LogP contribution is -2.44. The minimum atomic E-state index is -1.05. The Balaban J connectivity index is 2.06. The Kier molecular flexibility index (Phi) is 5.94. The van der Waals surface area contributed by atoms with Crippen LogP contribution in [0.3, 0.4) is 0 Å². The highest BCUT2D eigenvalue weighted by molar-refractivity contribution is 6.00. The Morgan fingerprint density at radius 1 is 1.31 bits per heavy atom. The third kappa shape index (κ3) is 3.84. The van der Waals surface area contributed by atoms with Gasteiger partial charge in [-0.05, 0) is 25.0 Å². The Hall–Kier alpha value is -2.51. The van der Waals surface area contributed by atoms with Crippen molar-refractivity contribution in [2.24, 2.45) is 11.3 Å². The van der Waals surface area contributed by atoms with Crippen LogP contribution in [-0.2, 0) is 14.4 Å². The van der Waals surface area contributed by atoms with E-state index in [4.69, 9.17) is 0 Å². The van der Waals surface area contributed by atoms with Crippen molar-refractivity contribution in [3.05, 3.63) is 29.8 Å². The molecule has 142 valence electrons. The van der Waals surface area contributed by atoms with Gasteiger partial charge in [-0.15, -0.1) is 0 Å². The molecule has 1 atom stereocenters. The van der Waals surface area contributed by atoms with Gasteiger partial charge in [-0.3, -0.25) is 14.4 Å². The van der Waals surface area contributed by atoms with Gasteiger partial charge < -0.3 is 15.3 Å². The van der Waals surface area contributed by atoms with E-state index >= 15 is 0 Å². The zero-order valence-electron chi connectivity index (χ0n) is 14.7. The summed E-state index contributed by atoms with van der Waals surface area (Å²) in [4.78, 5) is 37.1.